The number of piperidine rings is 1. The van der Waals surface area contributed by atoms with Crippen molar-refractivity contribution in [3.63, 3.8) is 0 Å². The van der Waals surface area contributed by atoms with E-state index in [1.165, 1.54) is 31.4 Å². The van der Waals surface area contributed by atoms with Crippen molar-refractivity contribution in [2.45, 2.75) is 39.2 Å². The number of ether oxygens (including phenoxy) is 1. The molecule has 3 heteroatoms. The van der Waals surface area contributed by atoms with Crippen molar-refractivity contribution in [3.8, 4) is 5.88 Å². The second-order valence-electron chi connectivity index (χ2n) is 4.47. The highest BCUT2D eigenvalue weighted by molar-refractivity contribution is 5.29. The van der Waals surface area contributed by atoms with Crippen LogP contribution in [0, 0.1) is 0 Å². The van der Waals surface area contributed by atoms with Gasteiger partial charge in [0.25, 0.3) is 0 Å². The molecule has 1 aliphatic heterocycles. The van der Waals surface area contributed by atoms with Gasteiger partial charge in [0.15, 0.2) is 0 Å². The smallest absolute Gasteiger partial charge is 0.218 e. The third kappa shape index (κ3) is 2.78. The summed E-state index contributed by atoms with van der Waals surface area (Å²) in [4.78, 5) is 6.89. The van der Waals surface area contributed by atoms with E-state index < -0.39 is 0 Å². The first-order chi connectivity index (χ1) is 8.36. The molecule has 94 valence electrons. The summed E-state index contributed by atoms with van der Waals surface area (Å²) in [6.45, 7) is 7.22. The minimum absolute atomic E-state index is 0.490. The minimum atomic E-state index is 0.490. The van der Waals surface area contributed by atoms with E-state index in [-0.39, 0.29) is 0 Å². The molecule has 1 fully saturated rings. The number of pyridine rings is 1. The van der Waals surface area contributed by atoms with E-state index in [0.717, 1.165) is 12.4 Å². The number of nitrogens with zero attached hydrogens (tertiary/aromatic N) is 2. The SMILES string of the molecule is CCOc1ncccc1[C@H]1CCCCN1CC. The van der Waals surface area contributed by atoms with Crippen LogP contribution < -0.4 is 4.74 Å². The monoisotopic (exact) mass is 234 g/mol. The molecule has 0 aliphatic carbocycles. The standard InChI is InChI=1S/C14H22N2O/c1-3-16-11-6-5-9-13(16)12-8-7-10-15-14(12)17-4-2/h7-8,10,13H,3-6,9,11H2,1-2H3/t13-/m1/s1. The highest BCUT2D eigenvalue weighted by atomic mass is 16.5. The Labute approximate surface area is 104 Å². The zero-order valence-electron chi connectivity index (χ0n) is 10.9. The van der Waals surface area contributed by atoms with Gasteiger partial charge in [-0.15, -0.1) is 0 Å². The Hall–Kier alpha value is -1.09. The molecule has 0 saturated carbocycles. The maximum atomic E-state index is 5.65. The molecule has 2 rings (SSSR count). The minimum Gasteiger partial charge on any atom is -0.478 e. The molecule has 1 aromatic rings. The van der Waals surface area contributed by atoms with Gasteiger partial charge in [-0.05, 0) is 38.9 Å². The van der Waals surface area contributed by atoms with Crippen LogP contribution in [0.3, 0.4) is 0 Å². The molecule has 0 amide bonds. The van der Waals surface area contributed by atoms with Crippen molar-refractivity contribution in [1.82, 2.24) is 9.88 Å². The predicted octanol–water partition coefficient (Wildman–Crippen LogP) is 3.03. The molecule has 1 atom stereocenters. The van der Waals surface area contributed by atoms with E-state index in [0.29, 0.717) is 12.6 Å². The number of hydrogen-bond donors (Lipinski definition) is 0. The maximum absolute atomic E-state index is 5.65. The lowest BCUT2D eigenvalue weighted by molar-refractivity contribution is 0.152. The first-order valence-corrected chi connectivity index (χ1v) is 6.68. The van der Waals surface area contributed by atoms with Crippen LogP contribution in [0.1, 0.15) is 44.7 Å². The second-order valence-corrected chi connectivity index (χ2v) is 4.47. The average molecular weight is 234 g/mol. The fourth-order valence-corrected chi connectivity index (χ4v) is 2.64. The van der Waals surface area contributed by atoms with Crippen LogP contribution in [-0.2, 0) is 0 Å². The summed E-state index contributed by atoms with van der Waals surface area (Å²) in [6, 6.07) is 4.67. The zero-order valence-corrected chi connectivity index (χ0v) is 10.9. The molecule has 1 aromatic heterocycles. The summed E-state index contributed by atoms with van der Waals surface area (Å²) in [7, 11) is 0. The summed E-state index contributed by atoms with van der Waals surface area (Å²) >= 11 is 0. The summed E-state index contributed by atoms with van der Waals surface area (Å²) in [5, 5.41) is 0. The van der Waals surface area contributed by atoms with Gasteiger partial charge in [0.2, 0.25) is 5.88 Å². The Balaban J connectivity index is 2.24. The average Bonchev–Trinajstić information content (AvgIpc) is 2.40. The lowest BCUT2D eigenvalue weighted by atomic mass is 9.96. The molecular weight excluding hydrogens is 212 g/mol. The zero-order chi connectivity index (χ0) is 12.1. The van der Waals surface area contributed by atoms with Crippen LogP contribution in [0.25, 0.3) is 0 Å². The number of aromatic nitrogens is 1. The third-order valence-corrected chi connectivity index (χ3v) is 3.46. The van der Waals surface area contributed by atoms with Gasteiger partial charge in [-0.1, -0.05) is 19.4 Å². The van der Waals surface area contributed by atoms with Gasteiger partial charge in [-0.2, -0.15) is 0 Å². The Bertz CT molecular complexity index is 354. The molecule has 3 nitrogen and oxygen atoms in total. The van der Waals surface area contributed by atoms with Gasteiger partial charge >= 0.3 is 0 Å². The van der Waals surface area contributed by atoms with Crippen molar-refractivity contribution in [2.24, 2.45) is 0 Å². The lowest BCUT2D eigenvalue weighted by Gasteiger charge is -2.35. The van der Waals surface area contributed by atoms with Crippen molar-refractivity contribution in [2.75, 3.05) is 19.7 Å². The molecule has 0 N–H and O–H groups in total. The predicted molar refractivity (Wildman–Crippen MR) is 69.2 cm³/mol. The largest absolute Gasteiger partial charge is 0.478 e. The Kier molecular flexibility index (Phi) is 4.37. The molecule has 0 spiro atoms. The summed E-state index contributed by atoms with van der Waals surface area (Å²) in [5.41, 5.74) is 1.26. The van der Waals surface area contributed by atoms with Crippen molar-refractivity contribution < 1.29 is 4.74 Å². The second kappa shape index (κ2) is 6.01. The lowest BCUT2D eigenvalue weighted by Crippen LogP contribution is -2.33. The normalized spacial score (nSPS) is 21.4. The van der Waals surface area contributed by atoms with Crippen LogP contribution in [0.5, 0.6) is 5.88 Å². The summed E-state index contributed by atoms with van der Waals surface area (Å²) in [6.07, 6.45) is 5.66. The van der Waals surface area contributed by atoms with Crippen LogP contribution in [0.2, 0.25) is 0 Å². The Morgan fingerprint density at radius 2 is 2.29 bits per heavy atom. The Morgan fingerprint density at radius 3 is 3.06 bits per heavy atom. The first-order valence-electron chi connectivity index (χ1n) is 6.68. The van der Waals surface area contributed by atoms with Crippen LogP contribution >= 0.6 is 0 Å². The van der Waals surface area contributed by atoms with Crippen LogP contribution in [0.15, 0.2) is 18.3 Å². The van der Waals surface area contributed by atoms with Gasteiger partial charge in [0.05, 0.1) is 6.61 Å². The van der Waals surface area contributed by atoms with E-state index in [2.05, 4.69) is 22.9 Å². The van der Waals surface area contributed by atoms with Gasteiger partial charge in [0.1, 0.15) is 0 Å². The van der Waals surface area contributed by atoms with Gasteiger partial charge in [0, 0.05) is 17.8 Å². The number of rotatable bonds is 4. The van der Waals surface area contributed by atoms with Gasteiger partial charge < -0.3 is 4.74 Å². The van der Waals surface area contributed by atoms with Gasteiger partial charge in [-0.3, -0.25) is 4.90 Å². The Morgan fingerprint density at radius 1 is 1.41 bits per heavy atom. The highest BCUT2D eigenvalue weighted by Crippen LogP contribution is 2.34. The van der Waals surface area contributed by atoms with Crippen LogP contribution in [0.4, 0.5) is 0 Å². The molecule has 0 radical (unpaired) electrons. The van der Waals surface area contributed by atoms with E-state index in [1.807, 2.05) is 19.2 Å². The van der Waals surface area contributed by atoms with Crippen molar-refractivity contribution in [3.05, 3.63) is 23.9 Å². The van der Waals surface area contributed by atoms with E-state index in [4.69, 9.17) is 4.74 Å². The summed E-state index contributed by atoms with van der Waals surface area (Å²) in [5.74, 6) is 0.820. The number of likely N-dealkylation sites (tertiary alicyclic amines) is 1. The van der Waals surface area contributed by atoms with E-state index >= 15 is 0 Å². The topological polar surface area (TPSA) is 25.4 Å². The number of hydrogen-bond acceptors (Lipinski definition) is 3. The fraction of sp³-hybridized carbons (Fsp3) is 0.643. The molecule has 2 heterocycles. The van der Waals surface area contributed by atoms with Crippen molar-refractivity contribution in [1.29, 1.82) is 0 Å². The maximum Gasteiger partial charge on any atom is 0.218 e. The molecule has 0 bridgehead atoms. The van der Waals surface area contributed by atoms with Crippen molar-refractivity contribution >= 4 is 0 Å². The fourth-order valence-electron chi connectivity index (χ4n) is 2.64. The quantitative estimate of drug-likeness (QED) is 0.800. The molecule has 1 aliphatic rings. The highest BCUT2D eigenvalue weighted by Gasteiger charge is 2.25. The van der Waals surface area contributed by atoms with E-state index in [1.54, 1.807) is 0 Å². The molecule has 17 heavy (non-hydrogen) atoms. The van der Waals surface area contributed by atoms with E-state index in [9.17, 15) is 0 Å². The third-order valence-electron chi connectivity index (χ3n) is 3.46. The molecule has 0 aromatic carbocycles. The molecule has 0 unspecified atom stereocenters. The first kappa shape index (κ1) is 12.4. The van der Waals surface area contributed by atoms with Gasteiger partial charge in [-0.25, -0.2) is 4.98 Å². The summed E-state index contributed by atoms with van der Waals surface area (Å²) < 4.78 is 5.65. The molecule has 1 saturated heterocycles. The molecular formula is C14H22N2O. The van der Waals surface area contributed by atoms with Crippen LogP contribution in [-0.4, -0.2) is 29.6 Å².